The molecule has 6 aliphatic rings. The number of hydrogen-bond acceptors (Lipinski definition) is 11. The van der Waals surface area contributed by atoms with Crippen LogP contribution in [0.15, 0.2) is 28.0 Å². The second-order valence-electron chi connectivity index (χ2n) is 18.1. The summed E-state index contributed by atoms with van der Waals surface area (Å²) in [7, 11) is 0. The average Bonchev–Trinajstić information content (AvgIpc) is 3.86. The summed E-state index contributed by atoms with van der Waals surface area (Å²) in [6.45, 7) is 10.9. The lowest BCUT2D eigenvalue weighted by Crippen LogP contribution is -2.58. The Morgan fingerprint density at radius 1 is 1.06 bits per heavy atom. The number of nitrogens with zero attached hydrogens (tertiary/aromatic N) is 4. The van der Waals surface area contributed by atoms with Crippen molar-refractivity contribution in [2.45, 2.75) is 155 Å². The molecular formula is C39H57N5O9. The molecule has 3 N–H and O–H groups in total. The molecule has 7 unspecified atom stereocenters. The van der Waals surface area contributed by atoms with Crippen LogP contribution in [-0.2, 0) is 36.9 Å². The Kier molecular flexibility index (Phi) is 9.56. The lowest BCUT2D eigenvalue weighted by atomic mass is 9.43. The predicted molar refractivity (Wildman–Crippen MR) is 190 cm³/mol. The van der Waals surface area contributed by atoms with Crippen molar-refractivity contribution in [1.82, 2.24) is 24.5 Å². The number of aliphatic hydroxyl groups is 2. The number of aromatic amines is 1. The Hall–Kier alpha value is -2.91. The summed E-state index contributed by atoms with van der Waals surface area (Å²) in [5.74, 6) is 1.67. The molecule has 2 saturated heterocycles. The Balaban J connectivity index is 0.841. The topological polar surface area (TPSA) is 180 Å². The standard InChI is InChI=1S/C39H57N5O9/c1-21(26-9-10-27-25-8-7-22-16-24(45)12-14-38(22,4)28(25)17-30(46)39(26,27)5)6-11-32(48)50-20-23-18-43(42-41-23)19-29-33-34(53-37(2,3)52-33)35(51-29)44-15-13-31(47)40-36(44)49/h13,15,18,21-22,24-30,33-35,45-46H,6-12,14,16-17,19-20H2,1-5H3,(H,40,47,49)/t21?,22?,24-,25?,26-,27?,28?,29?,30+,33-,34-,35?,38+,39-/m1/s1. The van der Waals surface area contributed by atoms with Gasteiger partial charge in [0.2, 0.25) is 0 Å². The molecule has 14 heteroatoms. The zero-order valence-corrected chi connectivity index (χ0v) is 31.7. The quantitative estimate of drug-likeness (QED) is 0.320. The minimum absolute atomic E-state index is 0.00534. The van der Waals surface area contributed by atoms with Crippen LogP contribution in [0, 0.1) is 46.3 Å². The van der Waals surface area contributed by atoms with E-state index in [-0.39, 0.29) is 48.1 Å². The van der Waals surface area contributed by atoms with E-state index < -0.39 is 41.6 Å². The first kappa shape index (κ1) is 37.0. The van der Waals surface area contributed by atoms with Crippen molar-refractivity contribution in [2.75, 3.05) is 0 Å². The molecule has 4 heterocycles. The second-order valence-corrected chi connectivity index (χ2v) is 18.1. The van der Waals surface area contributed by atoms with Gasteiger partial charge in [-0.05, 0) is 118 Å². The molecular weight excluding hydrogens is 682 g/mol. The smallest absolute Gasteiger partial charge is 0.330 e. The fourth-order valence-electron chi connectivity index (χ4n) is 12.3. The highest BCUT2D eigenvalue weighted by atomic mass is 16.8. The van der Waals surface area contributed by atoms with Gasteiger partial charge < -0.3 is 29.2 Å². The SMILES string of the molecule is CC(CCC(=O)OCc1cn(CC2OC(n3ccc(=O)[nH]c3=O)[C@@H]3OC(C)(C)O[C@H]23)nn1)[C@H]1CCC2C3CCC4C[C@H](O)CC[C@]4(C)C3C[C@H](O)[C@@]21C. The first-order valence-electron chi connectivity index (χ1n) is 19.9. The Morgan fingerprint density at radius 3 is 2.64 bits per heavy atom. The Morgan fingerprint density at radius 2 is 1.85 bits per heavy atom. The Labute approximate surface area is 309 Å². The van der Waals surface area contributed by atoms with E-state index in [1.807, 2.05) is 0 Å². The zero-order valence-electron chi connectivity index (χ0n) is 31.7. The number of esters is 1. The molecule has 14 atom stereocenters. The lowest BCUT2D eigenvalue weighted by molar-refractivity contribution is -0.198. The van der Waals surface area contributed by atoms with Crippen molar-refractivity contribution >= 4 is 5.97 Å². The third kappa shape index (κ3) is 6.53. The number of carbonyl (C=O) groups is 1. The van der Waals surface area contributed by atoms with Gasteiger partial charge in [-0.15, -0.1) is 5.10 Å². The highest BCUT2D eigenvalue weighted by molar-refractivity contribution is 5.69. The van der Waals surface area contributed by atoms with Crippen LogP contribution in [0.1, 0.15) is 111 Å². The summed E-state index contributed by atoms with van der Waals surface area (Å²) < 4.78 is 27.0. The maximum Gasteiger partial charge on any atom is 0.330 e. The van der Waals surface area contributed by atoms with Gasteiger partial charge in [0.25, 0.3) is 5.56 Å². The van der Waals surface area contributed by atoms with Gasteiger partial charge in [-0.1, -0.05) is 26.0 Å². The van der Waals surface area contributed by atoms with Crippen LogP contribution in [0.2, 0.25) is 0 Å². The number of fused-ring (bicyclic) bond motifs is 6. The summed E-state index contributed by atoms with van der Waals surface area (Å²) in [5.41, 5.74) is -0.538. The molecule has 53 heavy (non-hydrogen) atoms. The maximum atomic E-state index is 13.0. The van der Waals surface area contributed by atoms with Gasteiger partial charge >= 0.3 is 11.7 Å². The molecule has 14 nitrogen and oxygen atoms in total. The number of hydrogen-bond donors (Lipinski definition) is 3. The van der Waals surface area contributed by atoms with Gasteiger partial charge in [0.05, 0.1) is 24.9 Å². The molecule has 4 saturated carbocycles. The van der Waals surface area contributed by atoms with Crippen molar-refractivity contribution in [3.05, 3.63) is 45.0 Å². The third-order valence-electron chi connectivity index (χ3n) is 14.9. The van der Waals surface area contributed by atoms with E-state index in [1.54, 1.807) is 24.7 Å². The first-order chi connectivity index (χ1) is 25.2. The molecule has 6 fully saturated rings. The van der Waals surface area contributed by atoms with Crippen LogP contribution in [0.25, 0.3) is 0 Å². The van der Waals surface area contributed by atoms with Gasteiger partial charge in [0.15, 0.2) is 12.0 Å². The van der Waals surface area contributed by atoms with Gasteiger partial charge in [0, 0.05) is 18.7 Å². The van der Waals surface area contributed by atoms with Crippen LogP contribution in [0.4, 0.5) is 0 Å². The fourth-order valence-corrected chi connectivity index (χ4v) is 12.3. The largest absolute Gasteiger partial charge is 0.459 e. The number of nitrogens with one attached hydrogen (secondary N) is 1. The predicted octanol–water partition coefficient (Wildman–Crippen LogP) is 3.70. The number of aromatic nitrogens is 5. The average molecular weight is 740 g/mol. The van der Waals surface area contributed by atoms with Crippen LogP contribution >= 0.6 is 0 Å². The van der Waals surface area contributed by atoms with Crippen molar-refractivity contribution in [3.8, 4) is 0 Å². The molecule has 2 aliphatic heterocycles. The van der Waals surface area contributed by atoms with Crippen molar-refractivity contribution in [2.24, 2.45) is 46.3 Å². The molecule has 0 spiro atoms. The summed E-state index contributed by atoms with van der Waals surface area (Å²) >= 11 is 0. The molecule has 0 radical (unpaired) electrons. The van der Waals surface area contributed by atoms with Gasteiger partial charge in [-0.2, -0.15) is 0 Å². The summed E-state index contributed by atoms with van der Waals surface area (Å²) in [4.78, 5) is 39.4. The van der Waals surface area contributed by atoms with Crippen LogP contribution in [0.3, 0.4) is 0 Å². The molecule has 0 bridgehead atoms. The van der Waals surface area contributed by atoms with E-state index in [4.69, 9.17) is 18.9 Å². The van der Waals surface area contributed by atoms with Crippen molar-refractivity contribution < 1.29 is 34.0 Å². The number of rotatable bonds is 9. The lowest BCUT2D eigenvalue weighted by Gasteiger charge is -2.62. The van der Waals surface area contributed by atoms with E-state index >= 15 is 0 Å². The molecule has 8 rings (SSSR count). The monoisotopic (exact) mass is 739 g/mol. The van der Waals surface area contributed by atoms with Crippen molar-refractivity contribution in [1.29, 1.82) is 0 Å². The van der Waals surface area contributed by atoms with E-state index in [0.717, 1.165) is 38.5 Å². The number of carbonyl (C=O) groups excluding carboxylic acids is 1. The molecule has 292 valence electrons. The maximum absolute atomic E-state index is 13.0. The van der Waals surface area contributed by atoms with E-state index in [9.17, 15) is 24.6 Å². The molecule has 0 aromatic carbocycles. The number of ether oxygens (including phenoxy) is 4. The van der Waals surface area contributed by atoms with Crippen LogP contribution < -0.4 is 11.2 Å². The Bertz CT molecular complexity index is 1790. The molecule has 4 aliphatic carbocycles. The van der Waals surface area contributed by atoms with E-state index in [1.165, 1.54) is 29.7 Å². The third-order valence-corrected chi connectivity index (χ3v) is 14.9. The summed E-state index contributed by atoms with van der Waals surface area (Å²) in [6.07, 6.45) is 9.49. The van der Waals surface area contributed by atoms with E-state index in [0.29, 0.717) is 48.1 Å². The highest BCUT2D eigenvalue weighted by Crippen LogP contribution is 2.68. The van der Waals surface area contributed by atoms with Gasteiger partial charge in [-0.3, -0.25) is 19.1 Å². The van der Waals surface area contributed by atoms with E-state index in [2.05, 4.69) is 36.1 Å². The van der Waals surface area contributed by atoms with Crippen LogP contribution in [-0.4, -0.2) is 77.0 Å². The van der Waals surface area contributed by atoms with Gasteiger partial charge in [0.1, 0.15) is 30.6 Å². The fraction of sp³-hybridized carbons (Fsp3) is 0.821. The minimum atomic E-state index is -0.893. The normalized spacial score (nSPS) is 42.0. The number of aliphatic hydroxyl groups excluding tert-OH is 2. The molecule has 0 amide bonds. The molecule has 2 aromatic heterocycles. The van der Waals surface area contributed by atoms with Gasteiger partial charge in [-0.25, -0.2) is 9.48 Å². The second kappa shape index (κ2) is 13.7. The highest BCUT2D eigenvalue weighted by Gasteiger charge is 2.64. The minimum Gasteiger partial charge on any atom is -0.459 e. The summed E-state index contributed by atoms with van der Waals surface area (Å²) in [5, 5.41) is 30.7. The van der Waals surface area contributed by atoms with Crippen LogP contribution in [0.5, 0.6) is 0 Å². The summed E-state index contributed by atoms with van der Waals surface area (Å²) in [6, 6.07) is 1.26. The number of H-pyrrole nitrogens is 1. The van der Waals surface area contributed by atoms with Crippen molar-refractivity contribution in [3.63, 3.8) is 0 Å². The first-order valence-corrected chi connectivity index (χ1v) is 19.9. The zero-order chi connectivity index (χ0) is 37.4. The molecule has 2 aromatic rings.